The van der Waals surface area contributed by atoms with Gasteiger partial charge in [0.25, 0.3) is 5.91 Å². The van der Waals surface area contributed by atoms with Gasteiger partial charge in [-0.3, -0.25) is 4.79 Å². The largest absolute Gasteiger partial charge is 0.480 e. The first-order valence-corrected chi connectivity index (χ1v) is 8.50. The van der Waals surface area contributed by atoms with Gasteiger partial charge in [0, 0.05) is 28.7 Å². The molecule has 1 saturated heterocycles. The maximum absolute atomic E-state index is 12.6. The summed E-state index contributed by atoms with van der Waals surface area (Å²) in [6.45, 7) is 2.45. The molecule has 1 aromatic carbocycles. The lowest BCUT2D eigenvalue weighted by atomic mass is 10.0. The molecule has 1 amide bonds. The molecule has 0 bridgehead atoms. The van der Waals surface area contributed by atoms with E-state index < -0.39 is 12.0 Å². The standard InChI is InChI=1S/C17H18N2O3S/c1-11-10-23-15(18-11)12-5-7-13(8-6-12)16(20)19-9-3-2-4-14(19)17(21)22/h5-8,10,14H,2-4,9H2,1H3,(H,21,22). The summed E-state index contributed by atoms with van der Waals surface area (Å²) < 4.78 is 0. The van der Waals surface area contributed by atoms with Crippen molar-refractivity contribution in [2.45, 2.75) is 32.2 Å². The molecule has 0 radical (unpaired) electrons. The molecular weight excluding hydrogens is 312 g/mol. The van der Waals surface area contributed by atoms with Gasteiger partial charge in [-0.2, -0.15) is 0 Å². The van der Waals surface area contributed by atoms with Crippen LogP contribution in [0.5, 0.6) is 0 Å². The van der Waals surface area contributed by atoms with Crippen LogP contribution in [0.15, 0.2) is 29.6 Å². The van der Waals surface area contributed by atoms with E-state index in [1.807, 2.05) is 24.4 Å². The van der Waals surface area contributed by atoms with Crippen LogP contribution in [0.2, 0.25) is 0 Å². The van der Waals surface area contributed by atoms with E-state index in [1.165, 1.54) is 4.90 Å². The SMILES string of the molecule is Cc1csc(-c2ccc(C(=O)N3CCCCC3C(=O)O)cc2)n1. The van der Waals surface area contributed by atoms with Gasteiger partial charge >= 0.3 is 5.97 Å². The molecule has 0 spiro atoms. The summed E-state index contributed by atoms with van der Waals surface area (Å²) in [7, 11) is 0. The summed E-state index contributed by atoms with van der Waals surface area (Å²) in [4.78, 5) is 29.9. The fraction of sp³-hybridized carbons (Fsp3) is 0.353. The number of aromatic nitrogens is 1. The van der Waals surface area contributed by atoms with Crippen LogP contribution in [0.25, 0.3) is 10.6 Å². The van der Waals surface area contributed by atoms with Gasteiger partial charge in [0.15, 0.2) is 0 Å². The van der Waals surface area contributed by atoms with Gasteiger partial charge in [0.1, 0.15) is 11.0 Å². The topological polar surface area (TPSA) is 70.5 Å². The van der Waals surface area contributed by atoms with Gasteiger partial charge in [-0.25, -0.2) is 9.78 Å². The lowest BCUT2D eigenvalue weighted by Crippen LogP contribution is -2.47. The van der Waals surface area contributed by atoms with Gasteiger partial charge in [0.05, 0.1) is 0 Å². The van der Waals surface area contributed by atoms with Gasteiger partial charge in [-0.05, 0) is 38.3 Å². The molecule has 2 aromatic rings. The maximum Gasteiger partial charge on any atom is 0.326 e. The highest BCUT2D eigenvalue weighted by Crippen LogP contribution is 2.25. The summed E-state index contributed by atoms with van der Waals surface area (Å²) in [6.07, 6.45) is 2.23. The lowest BCUT2D eigenvalue weighted by molar-refractivity contribution is -0.143. The average molecular weight is 330 g/mol. The molecule has 1 aromatic heterocycles. The molecule has 1 N–H and O–H groups in total. The van der Waals surface area contributed by atoms with Crippen LogP contribution >= 0.6 is 11.3 Å². The van der Waals surface area contributed by atoms with Gasteiger partial charge in [0.2, 0.25) is 0 Å². The summed E-state index contributed by atoms with van der Waals surface area (Å²) in [5, 5.41) is 12.2. The number of likely N-dealkylation sites (tertiary alicyclic amines) is 1. The normalized spacial score (nSPS) is 18.0. The van der Waals surface area contributed by atoms with Gasteiger partial charge in [-0.1, -0.05) is 12.1 Å². The maximum atomic E-state index is 12.6. The van der Waals surface area contributed by atoms with Crippen LogP contribution in [0, 0.1) is 6.92 Å². The summed E-state index contributed by atoms with van der Waals surface area (Å²) in [5.74, 6) is -1.13. The fourth-order valence-corrected chi connectivity index (χ4v) is 3.64. The Bertz CT molecular complexity index is 724. The quantitative estimate of drug-likeness (QED) is 0.938. The molecule has 0 aliphatic carbocycles. The Morgan fingerprint density at radius 1 is 1.26 bits per heavy atom. The minimum Gasteiger partial charge on any atom is -0.480 e. The molecule has 120 valence electrons. The van der Waals surface area contributed by atoms with Crippen LogP contribution in [-0.2, 0) is 4.79 Å². The van der Waals surface area contributed by atoms with Crippen LogP contribution in [0.4, 0.5) is 0 Å². The highest BCUT2D eigenvalue weighted by atomic mass is 32.1. The Kier molecular flexibility index (Phi) is 4.43. The van der Waals surface area contributed by atoms with Crippen LogP contribution in [0.3, 0.4) is 0 Å². The second-order valence-corrected chi connectivity index (χ2v) is 6.58. The Labute approximate surface area is 138 Å². The van der Waals surface area contributed by atoms with Crippen molar-refractivity contribution in [3.8, 4) is 10.6 Å². The van der Waals surface area contributed by atoms with E-state index in [9.17, 15) is 14.7 Å². The Morgan fingerprint density at radius 2 is 2.00 bits per heavy atom. The monoisotopic (exact) mass is 330 g/mol. The first-order valence-electron chi connectivity index (χ1n) is 7.62. The zero-order chi connectivity index (χ0) is 16.4. The van der Waals surface area contributed by atoms with Crippen molar-refractivity contribution in [1.29, 1.82) is 0 Å². The number of amides is 1. The number of rotatable bonds is 3. The van der Waals surface area contributed by atoms with E-state index in [2.05, 4.69) is 4.98 Å². The van der Waals surface area contributed by atoms with Crippen molar-refractivity contribution in [2.75, 3.05) is 6.54 Å². The average Bonchev–Trinajstić information content (AvgIpc) is 3.01. The number of carboxylic acid groups (broad SMARTS) is 1. The Hall–Kier alpha value is -2.21. The smallest absolute Gasteiger partial charge is 0.326 e. The number of hydrogen-bond donors (Lipinski definition) is 1. The number of nitrogens with zero attached hydrogens (tertiary/aromatic N) is 2. The zero-order valence-electron chi connectivity index (χ0n) is 12.9. The molecule has 1 aliphatic heterocycles. The van der Waals surface area contributed by atoms with Crippen molar-refractivity contribution < 1.29 is 14.7 Å². The molecule has 2 heterocycles. The third-order valence-electron chi connectivity index (χ3n) is 4.05. The third-order valence-corrected chi connectivity index (χ3v) is 5.06. The molecule has 1 atom stereocenters. The molecule has 1 aliphatic rings. The predicted molar refractivity (Wildman–Crippen MR) is 88.6 cm³/mol. The fourth-order valence-electron chi connectivity index (χ4n) is 2.84. The van der Waals surface area contributed by atoms with Crippen LogP contribution in [0.1, 0.15) is 35.3 Å². The highest BCUT2D eigenvalue weighted by Gasteiger charge is 2.32. The van der Waals surface area contributed by atoms with E-state index >= 15 is 0 Å². The van der Waals surface area contributed by atoms with E-state index in [4.69, 9.17) is 0 Å². The lowest BCUT2D eigenvalue weighted by Gasteiger charge is -2.33. The number of aryl methyl sites for hydroxylation is 1. The van der Waals surface area contributed by atoms with Crippen molar-refractivity contribution >= 4 is 23.2 Å². The number of benzene rings is 1. The Morgan fingerprint density at radius 3 is 2.61 bits per heavy atom. The minimum absolute atomic E-state index is 0.209. The number of hydrogen-bond acceptors (Lipinski definition) is 4. The van der Waals surface area contributed by atoms with E-state index in [0.717, 1.165) is 29.1 Å². The number of carbonyl (C=O) groups excluding carboxylic acids is 1. The second kappa shape index (κ2) is 6.50. The number of carboxylic acids is 1. The summed E-state index contributed by atoms with van der Waals surface area (Å²) >= 11 is 1.57. The van der Waals surface area contributed by atoms with Crippen molar-refractivity contribution in [3.63, 3.8) is 0 Å². The number of aliphatic carboxylic acids is 1. The summed E-state index contributed by atoms with van der Waals surface area (Å²) in [5.41, 5.74) is 2.46. The third kappa shape index (κ3) is 3.27. The number of thiazole rings is 1. The first kappa shape index (κ1) is 15.7. The van der Waals surface area contributed by atoms with E-state index in [1.54, 1.807) is 23.5 Å². The molecule has 23 heavy (non-hydrogen) atoms. The van der Waals surface area contributed by atoms with E-state index in [0.29, 0.717) is 18.5 Å². The van der Waals surface area contributed by atoms with Crippen molar-refractivity contribution in [2.24, 2.45) is 0 Å². The van der Waals surface area contributed by atoms with Gasteiger partial charge in [-0.15, -0.1) is 11.3 Å². The molecule has 6 heteroatoms. The minimum atomic E-state index is -0.923. The number of piperidine rings is 1. The van der Waals surface area contributed by atoms with Crippen LogP contribution < -0.4 is 0 Å². The molecule has 3 rings (SSSR count). The summed E-state index contributed by atoms with van der Waals surface area (Å²) in [6, 6.07) is 6.53. The van der Waals surface area contributed by atoms with E-state index in [-0.39, 0.29) is 5.91 Å². The zero-order valence-corrected chi connectivity index (χ0v) is 13.7. The molecule has 1 unspecified atom stereocenters. The van der Waals surface area contributed by atoms with Crippen molar-refractivity contribution in [3.05, 3.63) is 40.9 Å². The first-order chi connectivity index (χ1) is 11.1. The molecule has 0 saturated carbocycles. The molecule has 5 nitrogen and oxygen atoms in total. The predicted octanol–water partition coefficient (Wildman–Crippen LogP) is 3.20. The van der Waals surface area contributed by atoms with Crippen LogP contribution in [-0.4, -0.2) is 39.5 Å². The molecule has 1 fully saturated rings. The molecular formula is C17H18N2O3S. The van der Waals surface area contributed by atoms with Gasteiger partial charge < -0.3 is 10.0 Å². The van der Waals surface area contributed by atoms with Crippen molar-refractivity contribution in [1.82, 2.24) is 9.88 Å². The second-order valence-electron chi connectivity index (χ2n) is 5.72. The highest BCUT2D eigenvalue weighted by molar-refractivity contribution is 7.13. The Balaban J connectivity index is 1.80. The number of carbonyl (C=O) groups is 2.